The van der Waals surface area contributed by atoms with Crippen molar-refractivity contribution in [1.82, 2.24) is 19.9 Å². The number of anilines is 2. The van der Waals surface area contributed by atoms with Crippen LogP contribution in [0.2, 0.25) is 0 Å². The molecule has 2 rings (SSSR count). The van der Waals surface area contributed by atoms with Gasteiger partial charge in [0.05, 0.1) is 12.9 Å². The van der Waals surface area contributed by atoms with Crippen LogP contribution in [0.4, 0.5) is 11.8 Å². The van der Waals surface area contributed by atoms with Crippen molar-refractivity contribution in [2.75, 3.05) is 17.8 Å². The normalized spacial score (nSPS) is 10.6. The molecule has 0 fully saturated rings. The minimum atomic E-state index is 0.309. The molecule has 0 saturated heterocycles. The third-order valence-corrected chi connectivity index (χ3v) is 1.62. The molecule has 74 valence electrons. The number of nitrogen functional groups attached to an aromatic ring is 1. The van der Waals surface area contributed by atoms with Gasteiger partial charge >= 0.3 is 0 Å². The third kappa shape index (κ3) is 1.44. The number of aromatic amines is 1. The maximum atomic E-state index is 5.66. The van der Waals surface area contributed by atoms with Crippen molar-refractivity contribution in [3.63, 3.8) is 0 Å². The van der Waals surface area contributed by atoms with Crippen molar-refractivity contribution in [2.24, 2.45) is 0 Å². The Labute approximate surface area is 79.7 Å². The summed E-state index contributed by atoms with van der Waals surface area (Å²) in [5.74, 6) is 0.652. The van der Waals surface area contributed by atoms with E-state index in [1.807, 2.05) is 6.92 Å². The van der Waals surface area contributed by atoms with Gasteiger partial charge < -0.3 is 10.7 Å². The van der Waals surface area contributed by atoms with E-state index in [1.54, 1.807) is 0 Å². The van der Waals surface area contributed by atoms with Crippen LogP contribution >= 0.6 is 0 Å². The second-order valence-corrected chi connectivity index (χ2v) is 2.57. The molecule has 4 N–H and O–H groups in total. The number of nitrogens with one attached hydrogen (secondary N) is 2. The number of hydrogen-bond donors (Lipinski definition) is 3. The summed E-state index contributed by atoms with van der Waals surface area (Å²) in [5, 5.41) is 0. The van der Waals surface area contributed by atoms with Crippen molar-refractivity contribution >= 4 is 22.9 Å². The molecule has 14 heavy (non-hydrogen) atoms. The van der Waals surface area contributed by atoms with Gasteiger partial charge in [-0.2, -0.15) is 9.97 Å². The highest BCUT2D eigenvalue weighted by molar-refractivity contribution is 5.81. The van der Waals surface area contributed by atoms with Crippen LogP contribution in [0.25, 0.3) is 11.2 Å². The zero-order valence-corrected chi connectivity index (χ0v) is 7.61. The molecule has 0 amide bonds. The Kier molecular flexibility index (Phi) is 2.15. The third-order valence-electron chi connectivity index (χ3n) is 1.62. The number of aromatic nitrogens is 4. The smallest absolute Gasteiger partial charge is 0.251 e. The molecule has 0 unspecified atom stereocenters. The van der Waals surface area contributed by atoms with Crippen LogP contribution in [0, 0.1) is 0 Å². The van der Waals surface area contributed by atoms with Gasteiger partial charge in [-0.1, -0.05) is 0 Å². The van der Waals surface area contributed by atoms with Crippen molar-refractivity contribution in [1.29, 1.82) is 0 Å². The van der Waals surface area contributed by atoms with Crippen molar-refractivity contribution in [3.05, 3.63) is 6.33 Å². The topological polar surface area (TPSA) is 102 Å². The van der Waals surface area contributed by atoms with Crippen LogP contribution in [0.15, 0.2) is 6.33 Å². The number of nitrogens with two attached hydrogens (primary N) is 1. The Bertz CT molecular complexity index is 439. The average Bonchev–Trinajstić information content (AvgIpc) is 2.63. The second-order valence-electron chi connectivity index (χ2n) is 2.57. The highest BCUT2D eigenvalue weighted by Gasteiger charge is 2.06. The Morgan fingerprint density at radius 3 is 3.21 bits per heavy atom. The van der Waals surface area contributed by atoms with E-state index >= 15 is 0 Å². The Morgan fingerprint density at radius 1 is 1.57 bits per heavy atom. The first-order valence-corrected chi connectivity index (χ1v) is 4.15. The molecule has 0 aliphatic rings. The molecule has 0 aliphatic heterocycles. The quantitative estimate of drug-likeness (QED) is 0.607. The summed E-state index contributed by atoms with van der Waals surface area (Å²) in [4.78, 5) is 19.8. The summed E-state index contributed by atoms with van der Waals surface area (Å²) in [5.41, 5.74) is 9.36. The SMILES string of the molecule is CCONc1nc(N)c2[nH]cnc2n1. The molecule has 0 saturated carbocycles. The first kappa shape index (κ1) is 8.70. The highest BCUT2D eigenvalue weighted by atomic mass is 16.6. The Morgan fingerprint density at radius 2 is 2.43 bits per heavy atom. The maximum absolute atomic E-state index is 5.66. The van der Waals surface area contributed by atoms with Crippen LogP contribution in [0.1, 0.15) is 6.92 Å². The van der Waals surface area contributed by atoms with Crippen LogP contribution in [-0.4, -0.2) is 26.5 Å². The van der Waals surface area contributed by atoms with E-state index < -0.39 is 0 Å². The monoisotopic (exact) mass is 194 g/mol. The summed E-state index contributed by atoms with van der Waals surface area (Å²) in [6.45, 7) is 2.37. The minimum absolute atomic E-state index is 0.309. The summed E-state index contributed by atoms with van der Waals surface area (Å²) >= 11 is 0. The molecule has 0 spiro atoms. The lowest BCUT2D eigenvalue weighted by atomic mass is 10.5. The van der Waals surface area contributed by atoms with E-state index in [4.69, 9.17) is 10.6 Å². The molecule has 2 aromatic rings. The number of fused-ring (bicyclic) bond motifs is 1. The van der Waals surface area contributed by atoms with Crippen LogP contribution in [0.3, 0.4) is 0 Å². The fraction of sp³-hybridized carbons (Fsp3) is 0.286. The van der Waals surface area contributed by atoms with E-state index in [-0.39, 0.29) is 0 Å². The molecular weight excluding hydrogens is 184 g/mol. The molecule has 0 bridgehead atoms. The fourth-order valence-electron chi connectivity index (χ4n) is 1.04. The zero-order chi connectivity index (χ0) is 9.97. The van der Waals surface area contributed by atoms with Crippen molar-refractivity contribution < 1.29 is 4.84 Å². The van der Waals surface area contributed by atoms with Crippen molar-refractivity contribution in [3.8, 4) is 0 Å². The fourth-order valence-corrected chi connectivity index (χ4v) is 1.04. The first-order chi connectivity index (χ1) is 6.81. The molecule has 0 aromatic carbocycles. The summed E-state index contributed by atoms with van der Waals surface area (Å²) in [7, 11) is 0. The molecule has 0 radical (unpaired) electrons. The minimum Gasteiger partial charge on any atom is -0.382 e. The molecule has 7 heteroatoms. The standard InChI is InChI=1S/C7H10N6O/c1-2-14-13-7-11-5(8)4-6(12-7)10-3-9-4/h3H,2H2,1H3,(H4,8,9,10,11,12,13). The van der Waals surface area contributed by atoms with Crippen LogP contribution in [0.5, 0.6) is 0 Å². The number of imidazole rings is 1. The number of nitrogens with zero attached hydrogens (tertiary/aromatic N) is 3. The molecule has 0 aliphatic carbocycles. The van der Waals surface area contributed by atoms with Gasteiger partial charge in [0.2, 0.25) is 0 Å². The molecule has 2 aromatic heterocycles. The van der Waals surface area contributed by atoms with Crippen molar-refractivity contribution in [2.45, 2.75) is 6.92 Å². The van der Waals surface area contributed by atoms with E-state index in [1.165, 1.54) is 6.33 Å². The lowest BCUT2D eigenvalue weighted by Crippen LogP contribution is -2.06. The lowest BCUT2D eigenvalue weighted by molar-refractivity contribution is 0.207. The average molecular weight is 194 g/mol. The molecule has 0 atom stereocenters. The van der Waals surface area contributed by atoms with E-state index in [9.17, 15) is 0 Å². The Hall–Kier alpha value is -1.89. The summed E-state index contributed by atoms with van der Waals surface area (Å²) in [6.07, 6.45) is 1.51. The molecular formula is C7H10N6O. The lowest BCUT2D eigenvalue weighted by Gasteiger charge is -2.03. The maximum Gasteiger partial charge on any atom is 0.251 e. The molecule has 2 heterocycles. The van der Waals surface area contributed by atoms with E-state index in [0.717, 1.165) is 0 Å². The van der Waals surface area contributed by atoms with Gasteiger partial charge in [0.15, 0.2) is 11.5 Å². The second kappa shape index (κ2) is 3.46. The number of rotatable bonds is 3. The summed E-state index contributed by atoms with van der Waals surface area (Å²) in [6, 6.07) is 0. The Balaban J connectivity index is 2.38. The number of hydrogen-bond acceptors (Lipinski definition) is 6. The number of H-pyrrole nitrogens is 1. The molecule has 7 nitrogen and oxygen atoms in total. The van der Waals surface area contributed by atoms with Gasteiger partial charge in [-0.3, -0.25) is 4.84 Å². The summed E-state index contributed by atoms with van der Waals surface area (Å²) < 4.78 is 0. The first-order valence-electron chi connectivity index (χ1n) is 4.15. The highest BCUT2D eigenvalue weighted by Crippen LogP contribution is 2.14. The van der Waals surface area contributed by atoms with Crippen LogP contribution < -0.4 is 11.2 Å². The van der Waals surface area contributed by atoms with Gasteiger partial charge in [-0.15, -0.1) is 0 Å². The van der Waals surface area contributed by atoms with E-state index in [2.05, 4.69) is 25.4 Å². The van der Waals surface area contributed by atoms with E-state index in [0.29, 0.717) is 29.5 Å². The van der Waals surface area contributed by atoms with Gasteiger partial charge in [-0.25, -0.2) is 10.5 Å². The largest absolute Gasteiger partial charge is 0.382 e. The van der Waals surface area contributed by atoms with Crippen LogP contribution in [-0.2, 0) is 4.84 Å². The van der Waals surface area contributed by atoms with Gasteiger partial charge in [-0.05, 0) is 6.92 Å². The predicted molar refractivity (Wildman–Crippen MR) is 51.3 cm³/mol. The van der Waals surface area contributed by atoms with Gasteiger partial charge in [0, 0.05) is 0 Å². The zero-order valence-electron chi connectivity index (χ0n) is 7.61. The van der Waals surface area contributed by atoms with Gasteiger partial charge in [0.1, 0.15) is 5.52 Å². The van der Waals surface area contributed by atoms with Gasteiger partial charge in [0.25, 0.3) is 5.95 Å². The predicted octanol–water partition coefficient (Wildman–Crippen LogP) is 0.298.